The predicted octanol–water partition coefficient (Wildman–Crippen LogP) is -4.42. The SMILES string of the molecule is OCC1OC(OC2(CO)OC(CO)C(O)C2O)C(O)C(F)C1O. The van der Waals surface area contributed by atoms with Crippen molar-refractivity contribution >= 4 is 0 Å². The maximum absolute atomic E-state index is 13.9. The van der Waals surface area contributed by atoms with Crippen LogP contribution in [0.4, 0.5) is 4.39 Å². The zero-order valence-electron chi connectivity index (χ0n) is 12.0. The summed E-state index contributed by atoms with van der Waals surface area (Å²) in [6.45, 7) is -2.47. The molecule has 0 aromatic carbocycles. The van der Waals surface area contributed by atoms with Gasteiger partial charge in [-0.25, -0.2) is 4.39 Å². The first-order valence-electron chi connectivity index (χ1n) is 7.01. The lowest BCUT2D eigenvalue weighted by atomic mass is 10.00. The second-order valence-corrected chi connectivity index (χ2v) is 5.51. The number of ether oxygens (including phenoxy) is 3. The van der Waals surface area contributed by atoms with E-state index in [1.54, 1.807) is 0 Å². The van der Waals surface area contributed by atoms with E-state index in [1.165, 1.54) is 0 Å². The number of alkyl halides is 1. The smallest absolute Gasteiger partial charge is 0.224 e. The predicted molar refractivity (Wildman–Crippen MR) is 67.5 cm³/mol. The molecular weight excluding hydrogens is 323 g/mol. The third kappa shape index (κ3) is 3.22. The molecule has 0 radical (unpaired) electrons. The fourth-order valence-corrected chi connectivity index (χ4v) is 2.61. The van der Waals surface area contributed by atoms with Crippen LogP contribution in [0.2, 0.25) is 0 Å². The molecule has 0 saturated carbocycles. The molecule has 0 aliphatic carbocycles. The number of aliphatic hydroxyl groups excluding tert-OH is 7. The molecule has 2 rings (SSSR count). The van der Waals surface area contributed by atoms with Gasteiger partial charge in [-0.05, 0) is 0 Å². The van der Waals surface area contributed by atoms with Crippen LogP contribution in [-0.2, 0) is 14.2 Å². The zero-order valence-corrected chi connectivity index (χ0v) is 12.0. The van der Waals surface area contributed by atoms with E-state index in [9.17, 15) is 29.9 Å². The number of rotatable bonds is 5. The molecule has 0 aromatic heterocycles. The van der Waals surface area contributed by atoms with E-state index in [1.807, 2.05) is 0 Å². The Kier molecular flexibility index (Phi) is 5.90. The molecule has 9 unspecified atom stereocenters. The van der Waals surface area contributed by atoms with Crippen LogP contribution >= 0.6 is 0 Å². The average molecular weight is 344 g/mol. The Hall–Kier alpha value is -0.470. The van der Waals surface area contributed by atoms with Crippen LogP contribution in [0.25, 0.3) is 0 Å². The topological polar surface area (TPSA) is 169 Å². The molecule has 23 heavy (non-hydrogen) atoms. The van der Waals surface area contributed by atoms with E-state index in [4.69, 9.17) is 24.4 Å². The summed E-state index contributed by atoms with van der Waals surface area (Å²) in [4.78, 5) is 0. The molecule has 10 nitrogen and oxygen atoms in total. The van der Waals surface area contributed by atoms with Crippen molar-refractivity contribution in [1.29, 1.82) is 0 Å². The Morgan fingerprint density at radius 3 is 2.00 bits per heavy atom. The Labute approximate surface area is 130 Å². The number of hydrogen-bond acceptors (Lipinski definition) is 10. The van der Waals surface area contributed by atoms with E-state index in [0.717, 1.165) is 0 Å². The molecule has 2 aliphatic heterocycles. The van der Waals surface area contributed by atoms with E-state index in [2.05, 4.69) is 0 Å². The van der Waals surface area contributed by atoms with E-state index < -0.39 is 74.7 Å². The van der Waals surface area contributed by atoms with Gasteiger partial charge in [0, 0.05) is 0 Å². The fraction of sp³-hybridized carbons (Fsp3) is 1.00. The molecule has 0 amide bonds. The van der Waals surface area contributed by atoms with Gasteiger partial charge in [-0.2, -0.15) is 0 Å². The van der Waals surface area contributed by atoms with E-state index >= 15 is 0 Å². The van der Waals surface area contributed by atoms with Crippen molar-refractivity contribution in [3.05, 3.63) is 0 Å². The van der Waals surface area contributed by atoms with Gasteiger partial charge in [-0.3, -0.25) is 0 Å². The normalized spacial score (nSPS) is 51.1. The molecule has 7 N–H and O–H groups in total. The van der Waals surface area contributed by atoms with Crippen LogP contribution in [0.1, 0.15) is 0 Å². The number of hydrogen-bond donors (Lipinski definition) is 7. The molecule has 2 heterocycles. The first-order valence-corrected chi connectivity index (χ1v) is 7.01. The van der Waals surface area contributed by atoms with Gasteiger partial charge < -0.3 is 50.0 Å². The van der Waals surface area contributed by atoms with Gasteiger partial charge >= 0.3 is 0 Å². The molecule has 11 heteroatoms. The van der Waals surface area contributed by atoms with Gasteiger partial charge in [0.15, 0.2) is 12.5 Å². The summed E-state index contributed by atoms with van der Waals surface area (Å²) < 4.78 is 29.1. The maximum atomic E-state index is 13.9. The second-order valence-electron chi connectivity index (χ2n) is 5.51. The maximum Gasteiger partial charge on any atom is 0.224 e. The van der Waals surface area contributed by atoms with Gasteiger partial charge in [0.25, 0.3) is 0 Å². The van der Waals surface area contributed by atoms with Gasteiger partial charge in [0.2, 0.25) is 5.79 Å². The lowest BCUT2D eigenvalue weighted by Gasteiger charge is -2.42. The van der Waals surface area contributed by atoms with Crippen LogP contribution < -0.4 is 0 Å². The lowest BCUT2D eigenvalue weighted by molar-refractivity contribution is -0.379. The molecule has 2 saturated heterocycles. The highest BCUT2D eigenvalue weighted by atomic mass is 19.1. The highest BCUT2D eigenvalue weighted by molar-refractivity contribution is 4.98. The van der Waals surface area contributed by atoms with Crippen molar-refractivity contribution in [1.82, 2.24) is 0 Å². The van der Waals surface area contributed by atoms with Crippen LogP contribution in [0.3, 0.4) is 0 Å². The average Bonchev–Trinajstić information content (AvgIpc) is 2.80. The molecule has 136 valence electrons. The minimum absolute atomic E-state index is 0.693. The Morgan fingerprint density at radius 2 is 1.52 bits per heavy atom. The summed E-state index contributed by atoms with van der Waals surface area (Å²) in [5.41, 5.74) is 0. The van der Waals surface area contributed by atoms with Crippen molar-refractivity contribution in [3.8, 4) is 0 Å². The minimum atomic E-state index is -2.28. The van der Waals surface area contributed by atoms with Gasteiger partial charge in [0.05, 0.1) is 13.2 Å². The summed E-state index contributed by atoms with van der Waals surface area (Å²) in [5.74, 6) is -2.28. The molecule has 2 aliphatic rings. The van der Waals surface area contributed by atoms with Crippen molar-refractivity contribution in [2.75, 3.05) is 19.8 Å². The highest BCUT2D eigenvalue weighted by Gasteiger charge is 2.58. The van der Waals surface area contributed by atoms with Gasteiger partial charge in [-0.1, -0.05) is 0 Å². The van der Waals surface area contributed by atoms with Crippen LogP contribution in [0, 0.1) is 0 Å². The van der Waals surface area contributed by atoms with Crippen LogP contribution in [0.5, 0.6) is 0 Å². The summed E-state index contributed by atoms with van der Waals surface area (Å²) in [6, 6.07) is 0. The Balaban J connectivity index is 2.18. The molecular formula is C12H21FO10. The van der Waals surface area contributed by atoms with Crippen LogP contribution in [0.15, 0.2) is 0 Å². The molecule has 0 aromatic rings. The highest BCUT2D eigenvalue weighted by Crippen LogP contribution is 2.36. The van der Waals surface area contributed by atoms with Crippen LogP contribution in [-0.4, -0.2) is 110 Å². The molecule has 0 spiro atoms. The lowest BCUT2D eigenvalue weighted by Crippen LogP contribution is -2.61. The monoisotopic (exact) mass is 344 g/mol. The second kappa shape index (κ2) is 7.19. The van der Waals surface area contributed by atoms with Crippen molar-refractivity contribution < 1.29 is 54.3 Å². The molecule has 0 bridgehead atoms. The third-order valence-corrected chi connectivity index (χ3v) is 4.02. The molecule has 9 atom stereocenters. The van der Waals surface area contributed by atoms with Crippen molar-refractivity contribution in [2.45, 2.75) is 54.9 Å². The minimum Gasteiger partial charge on any atom is -0.394 e. The van der Waals surface area contributed by atoms with Crippen molar-refractivity contribution in [3.63, 3.8) is 0 Å². The first-order chi connectivity index (χ1) is 10.8. The zero-order chi connectivity index (χ0) is 17.4. The third-order valence-electron chi connectivity index (χ3n) is 4.02. The summed E-state index contributed by atoms with van der Waals surface area (Å²) in [7, 11) is 0. The number of halogens is 1. The summed E-state index contributed by atoms with van der Waals surface area (Å²) >= 11 is 0. The van der Waals surface area contributed by atoms with E-state index in [0.29, 0.717) is 0 Å². The quantitative estimate of drug-likeness (QED) is 0.258. The number of aliphatic hydroxyl groups is 7. The largest absolute Gasteiger partial charge is 0.394 e. The standard InChI is InChI=1S/C12H21FO10/c13-6-7(17)4(1-14)21-11(9(6)19)23-12(3-16)10(20)8(18)5(2-15)22-12/h4-11,14-20H,1-3H2. The van der Waals surface area contributed by atoms with E-state index in [-0.39, 0.29) is 0 Å². The Bertz CT molecular complexity index is 398. The Morgan fingerprint density at radius 1 is 0.913 bits per heavy atom. The summed E-state index contributed by atoms with van der Waals surface area (Å²) in [5, 5.41) is 66.5. The molecule has 2 fully saturated rings. The van der Waals surface area contributed by atoms with Gasteiger partial charge in [0.1, 0.15) is 43.2 Å². The van der Waals surface area contributed by atoms with Crippen molar-refractivity contribution in [2.24, 2.45) is 0 Å². The fourth-order valence-electron chi connectivity index (χ4n) is 2.61. The summed E-state index contributed by atoms with van der Waals surface area (Å²) in [6.07, 6.45) is -14.0. The van der Waals surface area contributed by atoms with Gasteiger partial charge in [-0.15, -0.1) is 0 Å². The first kappa shape index (κ1) is 18.9.